The molecular formula is C20H20N4O. The minimum Gasteiger partial charge on any atom is -0.326 e. The summed E-state index contributed by atoms with van der Waals surface area (Å²) in [7, 11) is 0. The first kappa shape index (κ1) is 16.8. The number of hydrogen-bond donors (Lipinski definition) is 1. The van der Waals surface area contributed by atoms with Gasteiger partial charge in [-0.1, -0.05) is 18.2 Å². The zero-order valence-corrected chi connectivity index (χ0v) is 14.4. The van der Waals surface area contributed by atoms with E-state index in [-0.39, 0.29) is 5.91 Å². The van der Waals surface area contributed by atoms with E-state index in [0.717, 1.165) is 41.2 Å². The summed E-state index contributed by atoms with van der Waals surface area (Å²) in [5.74, 6) is 0.589. The summed E-state index contributed by atoms with van der Waals surface area (Å²) in [6.07, 6.45) is 3.38. The first-order valence-electron chi connectivity index (χ1n) is 8.22. The van der Waals surface area contributed by atoms with Crippen LogP contribution in [0.4, 0.5) is 5.69 Å². The van der Waals surface area contributed by atoms with Crippen LogP contribution in [0, 0.1) is 6.92 Å². The average molecular weight is 332 g/mol. The van der Waals surface area contributed by atoms with Crippen molar-refractivity contribution in [3.8, 4) is 11.5 Å². The zero-order chi connectivity index (χ0) is 17.6. The van der Waals surface area contributed by atoms with Crippen LogP contribution in [0.5, 0.6) is 0 Å². The molecule has 0 saturated heterocycles. The molecule has 2 heterocycles. The van der Waals surface area contributed by atoms with Crippen molar-refractivity contribution >= 4 is 11.6 Å². The highest BCUT2D eigenvalue weighted by Gasteiger charge is 2.07. The van der Waals surface area contributed by atoms with E-state index in [0.29, 0.717) is 5.82 Å². The van der Waals surface area contributed by atoms with Crippen molar-refractivity contribution in [3.05, 3.63) is 71.7 Å². The minimum absolute atomic E-state index is 0.0661. The molecule has 3 aromatic rings. The zero-order valence-electron chi connectivity index (χ0n) is 14.4. The van der Waals surface area contributed by atoms with Gasteiger partial charge in [0.15, 0.2) is 5.82 Å². The predicted molar refractivity (Wildman–Crippen MR) is 98.2 cm³/mol. The van der Waals surface area contributed by atoms with Gasteiger partial charge in [0.25, 0.3) is 0 Å². The van der Waals surface area contributed by atoms with Crippen molar-refractivity contribution in [2.24, 2.45) is 0 Å². The highest BCUT2D eigenvalue weighted by atomic mass is 16.1. The van der Waals surface area contributed by atoms with E-state index in [2.05, 4.69) is 26.3 Å². The van der Waals surface area contributed by atoms with Crippen molar-refractivity contribution in [2.45, 2.75) is 26.7 Å². The highest BCUT2D eigenvalue weighted by Crippen LogP contribution is 2.16. The summed E-state index contributed by atoms with van der Waals surface area (Å²) in [5.41, 5.74) is 4.66. The Labute approximate surface area is 147 Å². The fraction of sp³-hybridized carbons (Fsp3) is 0.200. The molecule has 1 amide bonds. The molecule has 0 aliphatic rings. The molecule has 1 N–H and O–H groups in total. The second-order valence-corrected chi connectivity index (χ2v) is 5.92. The molecule has 0 bridgehead atoms. The molecule has 0 aliphatic carbocycles. The minimum atomic E-state index is -0.0661. The summed E-state index contributed by atoms with van der Waals surface area (Å²) in [6.45, 7) is 3.48. The molecule has 3 rings (SSSR count). The van der Waals surface area contributed by atoms with Crippen molar-refractivity contribution in [1.29, 1.82) is 0 Å². The average Bonchev–Trinajstić information content (AvgIpc) is 2.60. The topological polar surface area (TPSA) is 67.8 Å². The second-order valence-electron chi connectivity index (χ2n) is 5.92. The Bertz CT molecular complexity index is 878. The standard InChI is InChI=1S/C20H20N4O/c1-14-12-18(24-20(22-14)19-8-3-4-11-21-19)10-9-16-6-5-7-17(13-16)23-15(2)25/h3-8,11-13H,9-10H2,1-2H3,(H,23,25). The molecule has 5 heteroatoms. The van der Waals surface area contributed by atoms with E-state index in [1.165, 1.54) is 6.92 Å². The Hall–Kier alpha value is -3.08. The van der Waals surface area contributed by atoms with Crippen molar-refractivity contribution in [2.75, 3.05) is 5.32 Å². The number of aryl methyl sites for hydroxylation is 3. The Morgan fingerprint density at radius 2 is 1.92 bits per heavy atom. The van der Waals surface area contributed by atoms with Crippen LogP contribution in [-0.2, 0) is 17.6 Å². The number of carbonyl (C=O) groups is 1. The summed E-state index contributed by atoms with van der Waals surface area (Å²) in [6, 6.07) is 15.6. The molecule has 5 nitrogen and oxygen atoms in total. The Balaban J connectivity index is 1.75. The van der Waals surface area contributed by atoms with Crippen LogP contribution < -0.4 is 5.32 Å². The van der Waals surface area contributed by atoms with Gasteiger partial charge in [0, 0.05) is 30.2 Å². The maximum absolute atomic E-state index is 11.2. The molecule has 126 valence electrons. The Kier molecular flexibility index (Phi) is 5.14. The first-order valence-corrected chi connectivity index (χ1v) is 8.22. The van der Waals surface area contributed by atoms with Crippen molar-refractivity contribution in [1.82, 2.24) is 15.0 Å². The second kappa shape index (κ2) is 7.66. The number of amides is 1. The van der Waals surface area contributed by atoms with Crippen LogP contribution in [0.15, 0.2) is 54.7 Å². The third-order valence-corrected chi connectivity index (χ3v) is 3.72. The Morgan fingerprint density at radius 1 is 1.04 bits per heavy atom. The quantitative estimate of drug-likeness (QED) is 0.775. The lowest BCUT2D eigenvalue weighted by atomic mass is 10.1. The van der Waals surface area contributed by atoms with Gasteiger partial charge in [-0.2, -0.15) is 0 Å². The van der Waals surface area contributed by atoms with Gasteiger partial charge in [-0.25, -0.2) is 9.97 Å². The summed E-state index contributed by atoms with van der Waals surface area (Å²) >= 11 is 0. The van der Waals surface area contributed by atoms with Crippen LogP contribution in [0.1, 0.15) is 23.9 Å². The van der Waals surface area contributed by atoms with E-state index < -0.39 is 0 Å². The number of nitrogens with one attached hydrogen (secondary N) is 1. The van der Waals surface area contributed by atoms with Crippen molar-refractivity contribution in [3.63, 3.8) is 0 Å². The number of hydrogen-bond acceptors (Lipinski definition) is 4. The molecule has 0 fully saturated rings. The predicted octanol–water partition coefficient (Wildman–Crippen LogP) is 3.59. The lowest BCUT2D eigenvalue weighted by Crippen LogP contribution is -2.06. The maximum atomic E-state index is 11.2. The number of anilines is 1. The summed E-state index contributed by atoms with van der Waals surface area (Å²) < 4.78 is 0. The van der Waals surface area contributed by atoms with Gasteiger partial charge in [0.05, 0.1) is 0 Å². The van der Waals surface area contributed by atoms with Gasteiger partial charge in [0.1, 0.15) is 5.69 Å². The lowest BCUT2D eigenvalue weighted by Gasteiger charge is -2.08. The van der Waals surface area contributed by atoms with Gasteiger partial charge < -0.3 is 5.32 Å². The summed E-state index contributed by atoms with van der Waals surface area (Å²) in [5, 5.41) is 2.81. The van der Waals surface area contributed by atoms with Gasteiger partial charge in [0.2, 0.25) is 5.91 Å². The highest BCUT2D eigenvalue weighted by molar-refractivity contribution is 5.88. The molecule has 25 heavy (non-hydrogen) atoms. The van der Waals surface area contributed by atoms with Crippen molar-refractivity contribution < 1.29 is 4.79 Å². The number of rotatable bonds is 5. The van der Waals surface area contributed by atoms with E-state index in [9.17, 15) is 4.79 Å². The van der Waals surface area contributed by atoms with Crippen LogP contribution in [0.3, 0.4) is 0 Å². The Morgan fingerprint density at radius 3 is 2.68 bits per heavy atom. The van der Waals surface area contributed by atoms with Crippen LogP contribution in [-0.4, -0.2) is 20.9 Å². The van der Waals surface area contributed by atoms with Gasteiger partial charge >= 0.3 is 0 Å². The molecule has 0 aliphatic heterocycles. The third-order valence-electron chi connectivity index (χ3n) is 3.72. The van der Waals surface area contributed by atoms with Gasteiger partial charge in [-0.05, 0) is 55.7 Å². The number of carbonyl (C=O) groups excluding carboxylic acids is 1. The maximum Gasteiger partial charge on any atom is 0.221 e. The summed E-state index contributed by atoms with van der Waals surface area (Å²) in [4.78, 5) is 24.6. The molecule has 0 spiro atoms. The van der Waals surface area contributed by atoms with Gasteiger partial charge in [-0.15, -0.1) is 0 Å². The smallest absolute Gasteiger partial charge is 0.221 e. The molecule has 0 unspecified atom stereocenters. The number of aromatic nitrogens is 3. The number of benzene rings is 1. The lowest BCUT2D eigenvalue weighted by molar-refractivity contribution is -0.114. The molecule has 0 atom stereocenters. The third kappa shape index (κ3) is 4.70. The van der Waals surface area contributed by atoms with Gasteiger partial charge in [-0.3, -0.25) is 9.78 Å². The van der Waals surface area contributed by atoms with E-state index in [4.69, 9.17) is 0 Å². The molecule has 1 aromatic carbocycles. The normalized spacial score (nSPS) is 10.5. The van der Waals surface area contributed by atoms with Crippen LogP contribution in [0.2, 0.25) is 0 Å². The molecule has 2 aromatic heterocycles. The fourth-order valence-corrected chi connectivity index (χ4v) is 2.65. The first-order chi connectivity index (χ1) is 12.1. The van der Waals surface area contributed by atoms with E-state index >= 15 is 0 Å². The van der Waals surface area contributed by atoms with E-state index in [1.54, 1.807) is 6.20 Å². The fourth-order valence-electron chi connectivity index (χ4n) is 2.65. The largest absolute Gasteiger partial charge is 0.326 e. The SMILES string of the molecule is CC(=O)Nc1cccc(CCc2cc(C)nc(-c3ccccn3)n2)c1. The van der Waals surface area contributed by atoms with Crippen LogP contribution >= 0.6 is 0 Å². The monoisotopic (exact) mass is 332 g/mol. The number of nitrogens with zero attached hydrogens (tertiary/aromatic N) is 3. The molecule has 0 radical (unpaired) electrons. The number of pyridine rings is 1. The van der Waals surface area contributed by atoms with E-state index in [1.807, 2.05) is 49.4 Å². The molecular weight excluding hydrogens is 312 g/mol. The molecule has 0 saturated carbocycles. The van der Waals surface area contributed by atoms with Crippen LogP contribution in [0.25, 0.3) is 11.5 Å².